The number of nitrogens with zero attached hydrogens (tertiary/aromatic N) is 2. The lowest BCUT2D eigenvalue weighted by Gasteiger charge is -2.28. The number of carbonyl (C=O) groups is 1. The number of nitrogens with one attached hydrogen (secondary N) is 1. The van der Waals surface area contributed by atoms with Gasteiger partial charge in [0.2, 0.25) is 0 Å². The number of aromatic nitrogens is 2. The number of hydrogen-bond acceptors (Lipinski definition) is 4. The first-order valence-corrected chi connectivity index (χ1v) is 10.4. The van der Waals surface area contributed by atoms with E-state index >= 15 is 0 Å². The summed E-state index contributed by atoms with van der Waals surface area (Å²) in [6.07, 6.45) is 6.13. The monoisotopic (exact) mass is 401 g/mol. The fraction of sp³-hybridized carbons (Fsp3) is 0.320. The van der Waals surface area contributed by atoms with Gasteiger partial charge in [0.15, 0.2) is 0 Å². The van der Waals surface area contributed by atoms with Gasteiger partial charge in [-0.2, -0.15) is 0 Å². The molecule has 5 heteroatoms. The summed E-state index contributed by atoms with van der Waals surface area (Å²) in [6.45, 7) is 4.13. The minimum atomic E-state index is -0.982. The average Bonchev–Trinajstić information content (AvgIpc) is 3.15. The highest BCUT2D eigenvalue weighted by Crippen LogP contribution is 2.46. The molecule has 5 nitrogen and oxygen atoms in total. The maximum atomic E-state index is 12.4. The molecule has 154 valence electrons. The van der Waals surface area contributed by atoms with Crippen LogP contribution in [0.15, 0.2) is 73.2 Å². The second kappa shape index (κ2) is 8.36. The number of benzene rings is 2. The highest BCUT2D eigenvalue weighted by Gasteiger charge is 2.51. The summed E-state index contributed by atoms with van der Waals surface area (Å²) in [5.74, 6) is -0.614. The van der Waals surface area contributed by atoms with Crippen LogP contribution in [-0.4, -0.2) is 26.6 Å². The van der Waals surface area contributed by atoms with Crippen molar-refractivity contribution in [3.05, 3.63) is 84.4 Å². The lowest BCUT2D eigenvalue weighted by Crippen LogP contribution is -2.49. The Hall–Kier alpha value is -3.05. The van der Waals surface area contributed by atoms with E-state index in [1.54, 1.807) is 18.6 Å². The molecule has 0 spiro atoms. The first-order chi connectivity index (χ1) is 14.5. The molecule has 3 unspecified atom stereocenters. The third-order valence-electron chi connectivity index (χ3n) is 5.88. The Labute approximate surface area is 177 Å². The zero-order chi connectivity index (χ0) is 21.1. The van der Waals surface area contributed by atoms with Crippen LogP contribution in [0.25, 0.3) is 11.1 Å². The Balaban J connectivity index is 1.77. The Morgan fingerprint density at radius 3 is 2.57 bits per heavy atom. The van der Waals surface area contributed by atoms with Gasteiger partial charge in [-0.3, -0.25) is 20.1 Å². The molecule has 0 bridgehead atoms. The molecule has 1 fully saturated rings. The van der Waals surface area contributed by atoms with Crippen molar-refractivity contribution in [2.24, 2.45) is 5.92 Å². The van der Waals surface area contributed by atoms with Crippen molar-refractivity contribution >= 4 is 5.97 Å². The normalized spacial score (nSPS) is 23.6. The van der Waals surface area contributed by atoms with Crippen LogP contribution in [-0.2, 0) is 4.79 Å². The van der Waals surface area contributed by atoms with Gasteiger partial charge in [0.1, 0.15) is 5.54 Å². The minimum Gasteiger partial charge on any atom is -0.480 e. The smallest absolute Gasteiger partial charge is 0.323 e. The maximum absolute atomic E-state index is 12.4. The summed E-state index contributed by atoms with van der Waals surface area (Å²) in [6, 6.07) is 18.4. The lowest BCUT2D eigenvalue weighted by molar-refractivity contribution is -0.145. The topological polar surface area (TPSA) is 75.1 Å². The predicted octanol–water partition coefficient (Wildman–Crippen LogP) is 4.83. The van der Waals surface area contributed by atoms with E-state index in [1.165, 1.54) is 0 Å². The van der Waals surface area contributed by atoms with E-state index in [-0.39, 0.29) is 17.9 Å². The van der Waals surface area contributed by atoms with Crippen LogP contribution in [0, 0.1) is 5.92 Å². The quantitative estimate of drug-likeness (QED) is 0.619. The molecule has 3 atom stereocenters. The van der Waals surface area contributed by atoms with Crippen LogP contribution in [0.2, 0.25) is 0 Å². The number of aliphatic carboxylic acids is 1. The number of carboxylic acid groups (broad SMARTS) is 1. The van der Waals surface area contributed by atoms with Crippen LogP contribution in [0.3, 0.4) is 0 Å². The van der Waals surface area contributed by atoms with Gasteiger partial charge in [-0.1, -0.05) is 62.4 Å². The largest absolute Gasteiger partial charge is 0.480 e. The third-order valence-corrected chi connectivity index (χ3v) is 5.88. The van der Waals surface area contributed by atoms with Crippen molar-refractivity contribution in [2.45, 2.75) is 44.2 Å². The lowest BCUT2D eigenvalue weighted by atomic mass is 9.82. The first-order valence-electron chi connectivity index (χ1n) is 10.4. The number of carboxylic acids is 1. The molecule has 0 saturated carbocycles. The standard InChI is InChI=1S/C25H27N3O2/c1-17(2)14-25(24(29)30)15-21(22-16-26-11-12-27-22)23(28-25)20-10-6-9-19(13-20)18-7-4-3-5-8-18/h3-13,16-17,21,23,28H,14-15H2,1-2H3,(H,29,30). The van der Waals surface area contributed by atoms with Crippen LogP contribution in [0.4, 0.5) is 0 Å². The summed E-state index contributed by atoms with van der Waals surface area (Å²) in [5.41, 5.74) is 3.17. The summed E-state index contributed by atoms with van der Waals surface area (Å²) in [5, 5.41) is 13.7. The second-order valence-electron chi connectivity index (χ2n) is 8.54. The van der Waals surface area contributed by atoms with E-state index in [9.17, 15) is 9.90 Å². The highest BCUT2D eigenvalue weighted by molar-refractivity contribution is 5.80. The van der Waals surface area contributed by atoms with Crippen molar-refractivity contribution < 1.29 is 9.90 Å². The van der Waals surface area contributed by atoms with E-state index in [1.807, 2.05) is 24.3 Å². The molecule has 2 aromatic carbocycles. The SMILES string of the molecule is CC(C)CC1(C(=O)O)CC(c2cnccn2)C(c2cccc(-c3ccccc3)c2)N1. The van der Waals surface area contributed by atoms with Crippen LogP contribution in [0.1, 0.15) is 49.9 Å². The second-order valence-corrected chi connectivity index (χ2v) is 8.54. The molecule has 3 aromatic rings. The zero-order valence-corrected chi connectivity index (χ0v) is 17.3. The van der Waals surface area contributed by atoms with Crippen LogP contribution in [0.5, 0.6) is 0 Å². The van der Waals surface area contributed by atoms with E-state index < -0.39 is 11.5 Å². The van der Waals surface area contributed by atoms with Crippen molar-refractivity contribution in [3.63, 3.8) is 0 Å². The van der Waals surface area contributed by atoms with Gasteiger partial charge in [-0.15, -0.1) is 0 Å². The average molecular weight is 402 g/mol. The zero-order valence-electron chi connectivity index (χ0n) is 17.3. The molecule has 30 heavy (non-hydrogen) atoms. The summed E-state index contributed by atoms with van der Waals surface area (Å²) < 4.78 is 0. The van der Waals surface area contributed by atoms with Gasteiger partial charge in [0.05, 0.1) is 5.69 Å². The molecule has 2 N–H and O–H groups in total. The van der Waals surface area contributed by atoms with Crippen molar-refractivity contribution in [3.8, 4) is 11.1 Å². The van der Waals surface area contributed by atoms with Gasteiger partial charge < -0.3 is 5.11 Å². The Bertz CT molecular complexity index is 1010. The summed E-state index contributed by atoms with van der Waals surface area (Å²) >= 11 is 0. The third kappa shape index (κ3) is 3.98. The molecule has 1 aromatic heterocycles. The Kier molecular flexibility index (Phi) is 5.64. The van der Waals surface area contributed by atoms with Crippen LogP contribution < -0.4 is 5.32 Å². The van der Waals surface area contributed by atoms with Crippen molar-refractivity contribution in [1.29, 1.82) is 0 Å². The van der Waals surface area contributed by atoms with E-state index in [0.29, 0.717) is 12.8 Å². The Morgan fingerprint density at radius 1 is 1.13 bits per heavy atom. The molecule has 0 radical (unpaired) electrons. The molecule has 1 saturated heterocycles. The van der Waals surface area contributed by atoms with Gasteiger partial charge in [0, 0.05) is 30.6 Å². The number of rotatable bonds is 6. The van der Waals surface area contributed by atoms with Gasteiger partial charge in [-0.05, 0) is 41.5 Å². The minimum absolute atomic E-state index is 0.0698. The number of hydrogen-bond donors (Lipinski definition) is 2. The molecule has 2 heterocycles. The van der Waals surface area contributed by atoms with Gasteiger partial charge >= 0.3 is 5.97 Å². The van der Waals surface area contributed by atoms with E-state index in [4.69, 9.17) is 0 Å². The fourth-order valence-electron chi connectivity index (χ4n) is 4.66. The maximum Gasteiger partial charge on any atom is 0.323 e. The molecule has 1 aliphatic rings. The predicted molar refractivity (Wildman–Crippen MR) is 117 cm³/mol. The van der Waals surface area contributed by atoms with Crippen LogP contribution >= 0.6 is 0 Å². The van der Waals surface area contributed by atoms with E-state index in [2.05, 4.69) is 59.5 Å². The first kappa shape index (κ1) is 20.2. The fourth-order valence-corrected chi connectivity index (χ4v) is 4.66. The van der Waals surface area contributed by atoms with E-state index in [0.717, 1.165) is 22.4 Å². The highest BCUT2D eigenvalue weighted by atomic mass is 16.4. The molecule has 0 aliphatic carbocycles. The Morgan fingerprint density at radius 2 is 1.90 bits per heavy atom. The van der Waals surface area contributed by atoms with Gasteiger partial charge in [-0.25, -0.2) is 0 Å². The molecule has 1 aliphatic heterocycles. The molecule has 4 rings (SSSR count). The summed E-state index contributed by atoms with van der Waals surface area (Å²) in [4.78, 5) is 21.2. The molecular formula is C25H27N3O2. The van der Waals surface area contributed by atoms with Crippen molar-refractivity contribution in [1.82, 2.24) is 15.3 Å². The molecule has 0 amide bonds. The summed E-state index contributed by atoms with van der Waals surface area (Å²) in [7, 11) is 0. The van der Waals surface area contributed by atoms with Crippen molar-refractivity contribution in [2.75, 3.05) is 0 Å². The molecular weight excluding hydrogens is 374 g/mol. The van der Waals surface area contributed by atoms with Gasteiger partial charge in [0.25, 0.3) is 0 Å².